The van der Waals surface area contributed by atoms with Crippen LogP contribution < -0.4 is 0 Å². The Morgan fingerprint density at radius 2 is 0.923 bits per heavy atom. The maximum absolute atomic E-state index is 9.58. The van der Waals surface area contributed by atoms with Crippen molar-refractivity contribution in [3.05, 3.63) is 181 Å². The van der Waals surface area contributed by atoms with E-state index in [1.54, 1.807) is 0 Å². The van der Waals surface area contributed by atoms with Crippen LogP contribution in [0, 0.1) is 11.3 Å². The van der Waals surface area contributed by atoms with Gasteiger partial charge in [-0.25, -0.2) is 9.97 Å². The van der Waals surface area contributed by atoms with Crippen LogP contribution in [0.5, 0.6) is 0 Å². The Kier molecular flexibility index (Phi) is 6.80. The first-order valence-corrected chi connectivity index (χ1v) is 17.3. The molecule has 0 bridgehead atoms. The Hall–Kier alpha value is -7.29. The van der Waals surface area contributed by atoms with Gasteiger partial charge >= 0.3 is 0 Å². The lowest BCUT2D eigenvalue weighted by atomic mass is 10.0. The molecular formula is C47H29N5. The fraction of sp³-hybridized carbons (Fsp3) is 0. The predicted molar refractivity (Wildman–Crippen MR) is 212 cm³/mol. The SMILES string of the molecule is N#Cc1cccc(-c2cc(-c3ccc(-n4c5ccccc5c5cc6c7ccccc7n(-c7ccccc7)c6cc54)cc3)nc(-c3ccccc3)n2)c1. The van der Waals surface area contributed by atoms with E-state index in [4.69, 9.17) is 9.97 Å². The minimum absolute atomic E-state index is 0.593. The molecule has 5 nitrogen and oxygen atoms in total. The highest BCUT2D eigenvalue weighted by Crippen LogP contribution is 2.40. The van der Waals surface area contributed by atoms with Crippen LogP contribution >= 0.6 is 0 Å². The average Bonchev–Trinajstić information content (AvgIpc) is 3.72. The van der Waals surface area contributed by atoms with Crippen molar-refractivity contribution in [1.29, 1.82) is 5.26 Å². The number of nitrogens with zero attached hydrogens (tertiary/aromatic N) is 5. The summed E-state index contributed by atoms with van der Waals surface area (Å²) in [6, 6.07) is 63.2. The second-order valence-electron chi connectivity index (χ2n) is 13.0. The van der Waals surface area contributed by atoms with Crippen LogP contribution in [0.25, 0.3) is 88.9 Å². The molecule has 7 aromatic carbocycles. The highest BCUT2D eigenvalue weighted by molar-refractivity contribution is 6.19. The van der Waals surface area contributed by atoms with Gasteiger partial charge in [0.25, 0.3) is 0 Å². The van der Waals surface area contributed by atoms with E-state index in [-0.39, 0.29) is 0 Å². The summed E-state index contributed by atoms with van der Waals surface area (Å²) in [5, 5.41) is 14.5. The molecule has 10 aromatic rings. The zero-order valence-corrected chi connectivity index (χ0v) is 28.0. The first-order chi connectivity index (χ1) is 25.7. The van der Waals surface area contributed by atoms with Crippen molar-refractivity contribution in [2.75, 3.05) is 0 Å². The molecule has 242 valence electrons. The molecule has 0 saturated heterocycles. The first-order valence-electron chi connectivity index (χ1n) is 17.3. The van der Waals surface area contributed by atoms with Crippen molar-refractivity contribution < 1.29 is 0 Å². The van der Waals surface area contributed by atoms with Crippen LogP contribution in [0.1, 0.15) is 5.56 Å². The van der Waals surface area contributed by atoms with E-state index >= 15 is 0 Å². The van der Waals surface area contributed by atoms with Gasteiger partial charge in [0.1, 0.15) is 0 Å². The molecule has 0 radical (unpaired) electrons. The van der Waals surface area contributed by atoms with E-state index in [2.05, 4.69) is 130 Å². The fourth-order valence-corrected chi connectivity index (χ4v) is 7.55. The molecule has 5 heteroatoms. The molecule has 10 rings (SSSR count). The fourth-order valence-electron chi connectivity index (χ4n) is 7.55. The second kappa shape index (κ2) is 11.9. The molecule has 3 heterocycles. The first kappa shape index (κ1) is 29.6. The summed E-state index contributed by atoms with van der Waals surface area (Å²) >= 11 is 0. The van der Waals surface area contributed by atoms with Crippen molar-refractivity contribution >= 4 is 43.6 Å². The Morgan fingerprint density at radius 1 is 0.385 bits per heavy atom. The van der Waals surface area contributed by atoms with Crippen LogP contribution in [-0.4, -0.2) is 19.1 Å². The van der Waals surface area contributed by atoms with Crippen molar-refractivity contribution in [3.8, 4) is 51.3 Å². The Labute approximate surface area is 299 Å². The van der Waals surface area contributed by atoms with E-state index in [9.17, 15) is 5.26 Å². The van der Waals surface area contributed by atoms with Crippen molar-refractivity contribution in [2.24, 2.45) is 0 Å². The lowest BCUT2D eigenvalue weighted by Crippen LogP contribution is -1.97. The largest absolute Gasteiger partial charge is 0.309 e. The summed E-state index contributed by atoms with van der Waals surface area (Å²) in [7, 11) is 0. The quantitative estimate of drug-likeness (QED) is 0.184. The van der Waals surface area contributed by atoms with Gasteiger partial charge in [-0.15, -0.1) is 0 Å². The number of hydrogen-bond acceptors (Lipinski definition) is 3. The van der Waals surface area contributed by atoms with Gasteiger partial charge in [-0.2, -0.15) is 5.26 Å². The van der Waals surface area contributed by atoms with Crippen LogP contribution in [0.2, 0.25) is 0 Å². The number of benzene rings is 7. The molecule has 0 amide bonds. The number of nitriles is 1. The summed E-state index contributed by atoms with van der Waals surface area (Å²) in [5.74, 6) is 0.639. The van der Waals surface area contributed by atoms with Crippen LogP contribution in [-0.2, 0) is 0 Å². The average molecular weight is 664 g/mol. The summed E-state index contributed by atoms with van der Waals surface area (Å²) in [6.07, 6.45) is 0. The highest BCUT2D eigenvalue weighted by atomic mass is 15.0. The third-order valence-corrected chi connectivity index (χ3v) is 9.95. The Bertz CT molecular complexity index is 3000. The molecule has 0 N–H and O–H groups in total. The van der Waals surface area contributed by atoms with Crippen LogP contribution in [0.15, 0.2) is 176 Å². The van der Waals surface area contributed by atoms with E-state index in [0.717, 1.165) is 50.5 Å². The number of hydrogen-bond donors (Lipinski definition) is 0. The monoisotopic (exact) mass is 663 g/mol. The van der Waals surface area contributed by atoms with Gasteiger partial charge in [0.2, 0.25) is 0 Å². The van der Waals surface area contributed by atoms with Gasteiger partial charge in [-0.05, 0) is 66.7 Å². The van der Waals surface area contributed by atoms with Crippen molar-refractivity contribution in [3.63, 3.8) is 0 Å². The van der Waals surface area contributed by atoms with Gasteiger partial charge in [0, 0.05) is 49.6 Å². The van der Waals surface area contributed by atoms with E-state index in [1.807, 2.05) is 60.7 Å². The summed E-state index contributed by atoms with van der Waals surface area (Å²) in [4.78, 5) is 9.99. The minimum atomic E-state index is 0.593. The minimum Gasteiger partial charge on any atom is -0.309 e. The Balaban J connectivity index is 1.16. The normalized spacial score (nSPS) is 11.4. The summed E-state index contributed by atoms with van der Waals surface area (Å²) in [6.45, 7) is 0. The lowest BCUT2D eigenvalue weighted by Gasteiger charge is -2.12. The van der Waals surface area contributed by atoms with E-state index in [0.29, 0.717) is 11.4 Å². The van der Waals surface area contributed by atoms with Gasteiger partial charge in [-0.1, -0.05) is 109 Å². The molecule has 3 aromatic heterocycles. The molecule has 0 fully saturated rings. The third kappa shape index (κ3) is 4.78. The zero-order chi connectivity index (χ0) is 34.6. The van der Waals surface area contributed by atoms with Gasteiger partial charge in [0.15, 0.2) is 5.82 Å². The standard InChI is InChI=1S/C47H29N5/c48-30-31-12-11-15-34(26-31)42-28-41(49-47(50-42)33-13-3-1-4-14-33)32-22-24-36(25-23-32)52-44-21-10-8-19-38(44)40-27-39-37-18-7-9-20-43(37)51(45(39)29-46(40)52)35-16-5-2-6-17-35/h1-29H. The van der Waals surface area contributed by atoms with E-state index < -0.39 is 0 Å². The maximum Gasteiger partial charge on any atom is 0.160 e. The molecule has 0 spiro atoms. The van der Waals surface area contributed by atoms with Gasteiger partial charge in [-0.3, -0.25) is 0 Å². The smallest absolute Gasteiger partial charge is 0.160 e. The number of rotatable bonds is 5. The van der Waals surface area contributed by atoms with E-state index in [1.165, 1.54) is 32.6 Å². The Morgan fingerprint density at radius 3 is 1.56 bits per heavy atom. The molecule has 0 aliphatic carbocycles. The highest BCUT2D eigenvalue weighted by Gasteiger charge is 2.19. The lowest BCUT2D eigenvalue weighted by molar-refractivity contribution is 1.16. The summed E-state index contributed by atoms with van der Waals surface area (Å²) < 4.78 is 4.74. The zero-order valence-electron chi connectivity index (χ0n) is 28.0. The number of aromatic nitrogens is 4. The predicted octanol–water partition coefficient (Wildman–Crippen LogP) is 11.5. The number of fused-ring (bicyclic) bond motifs is 6. The van der Waals surface area contributed by atoms with Crippen molar-refractivity contribution in [1.82, 2.24) is 19.1 Å². The molecule has 0 unspecified atom stereocenters. The van der Waals surface area contributed by atoms with Gasteiger partial charge in [0.05, 0.1) is 45.1 Å². The topological polar surface area (TPSA) is 59.4 Å². The maximum atomic E-state index is 9.58. The molecule has 52 heavy (non-hydrogen) atoms. The summed E-state index contributed by atoms with van der Waals surface area (Å²) in [5.41, 5.74) is 11.8. The van der Waals surface area contributed by atoms with Crippen molar-refractivity contribution in [2.45, 2.75) is 0 Å². The van der Waals surface area contributed by atoms with Crippen LogP contribution in [0.4, 0.5) is 0 Å². The number of para-hydroxylation sites is 3. The molecule has 0 aliphatic heterocycles. The third-order valence-electron chi connectivity index (χ3n) is 9.95. The molecule has 0 saturated carbocycles. The second-order valence-corrected chi connectivity index (χ2v) is 13.0. The molecule has 0 aliphatic rings. The van der Waals surface area contributed by atoms with Crippen LogP contribution in [0.3, 0.4) is 0 Å². The molecule has 0 atom stereocenters. The van der Waals surface area contributed by atoms with Gasteiger partial charge < -0.3 is 9.13 Å². The molecular weight excluding hydrogens is 635 g/mol.